The molecular formula is C11H17N3O3S. The summed E-state index contributed by atoms with van der Waals surface area (Å²) in [6, 6.07) is 0. The van der Waals surface area contributed by atoms with E-state index in [2.05, 4.69) is 15.0 Å². The van der Waals surface area contributed by atoms with E-state index in [9.17, 15) is 9.59 Å². The van der Waals surface area contributed by atoms with Crippen molar-refractivity contribution >= 4 is 28.3 Å². The van der Waals surface area contributed by atoms with Crippen molar-refractivity contribution in [3.8, 4) is 0 Å². The van der Waals surface area contributed by atoms with Gasteiger partial charge in [-0.2, -0.15) is 0 Å². The van der Waals surface area contributed by atoms with Crippen LogP contribution in [-0.2, 0) is 14.3 Å². The highest BCUT2D eigenvalue weighted by atomic mass is 32.1. The van der Waals surface area contributed by atoms with E-state index in [1.807, 2.05) is 6.92 Å². The average molecular weight is 271 g/mol. The predicted octanol–water partition coefficient (Wildman–Crippen LogP) is 0.967. The number of carbonyl (C=O) groups excluding carboxylic acids is 2. The first-order valence-electron chi connectivity index (χ1n) is 5.64. The van der Waals surface area contributed by atoms with Gasteiger partial charge < -0.3 is 10.1 Å². The Labute approximate surface area is 110 Å². The number of aromatic nitrogens is 1. The topological polar surface area (TPSA) is 71.5 Å². The lowest BCUT2D eigenvalue weighted by Gasteiger charge is -2.19. The summed E-state index contributed by atoms with van der Waals surface area (Å²) in [4.78, 5) is 28.6. The predicted molar refractivity (Wildman–Crippen MR) is 69.5 cm³/mol. The van der Waals surface area contributed by atoms with Crippen molar-refractivity contribution in [2.75, 3.05) is 32.1 Å². The zero-order chi connectivity index (χ0) is 13.4. The zero-order valence-electron chi connectivity index (χ0n) is 10.5. The van der Waals surface area contributed by atoms with Crippen LogP contribution in [0.3, 0.4) is 0 Å². The van der Waals surface area contributed by atoms with Crippen LogP contribution in [-0.4, -0.2) is 48.5 Å². The molecule has 0 aliphatic heterocycles. The molecular weight excluding hydrogens is 254 g/mol. The Bertz CT molecular complexity index is 381. The van der Waals surface area contributed by atoms with Crippen LogP contribution in [0.5, 0.6) is 0 Å². The maximum absolute atomic E-state index is 11.7. The number of methoxy groups -OCH3 is 1. The normalized spacial score (nSPS) is 10.4. The molecule has 1 heterocycles. The van der Waals surface area contributed by atoms with E-state index in [0.29, 0.717) is 11.7 Å². The molecule has 0 fully saturated rings. The number of nitrogens with zero attached hydrogens (tertiary/aromatic N) is 2. The van der Waals surface area contributed by atoms with E-state index in [-0.39, 0.29) is 25.0 Å². The van der Waals surface area contributed by atoms with E-state index in [1.165, 1.54) is 18.4 Å². The summed E-state index contributed by atoms with van der Waals surface area (Å²) in [5.74, 6) is -0.521. The Morgan fingerprint density at radius 2 is 2.28 bits per heavy atom. The largest absolute Gasteiger partial charge is 0.468 e. The first-order valence-corrected chi connectivity index (χ1v) is 6.52. The number of anilines is 1. The molecule has 1 amide bonds. The Morgan fingerprint density at radius 3 is 2.83 bits per heavy atom. The van der Waals surface area contributed by atoms with Crippen LogP contribution in [0.25, 0.3) is 0 Å². The van der Waals surface area contributed by atoms with E-state index in [4.69, 9.17) is 0 Å². The summed E-state index contributed by atoms with van der Waals surface area (Å²) in [6.07, 6.45) is 2.49. The lowest BCUT2D eigenvalue weighted by Crippen LogP contribution is -2.37. The molecule has 0 spiro atoms. The van der Waals surface area contributed by atoms with Gasteiger partial charge in [-0.25, -0.2) is 4.98 Å². The average Bonchev–Trinajstić information content (AvgIpc) is 2.81. The highest BCUT2D eigenvalue weighted by Gasteiger charge is 2.14. The van der Waals surface area contributed by atoms with Gasteiger partial charge >= 0.3 is 5.97 Å². The molecule has 0 unspecified atom stereocenters. The number of carbonyl (C=O) groups is 2. The smallest absolute Gasteiger partial charge is 0.319 e. The molecule has 0 aromatic carbocycles. The Kier molecular flexibility index (Phi) is 6.31. The van der Waals surface area contributed by atoms with Crippen molar-refractivity contribution in [1.29, 1.82) is 0 Å². The fourth-order valence-corrected chi connectivity index (χ4v) is 1.97. The van der Waals surface area contributed by atoms with Crippen LogP contribution in [0.1, 0.15) is 13.3 Å². The van der Waals surface area contributed by atoms with Gasteiger partial charge in [0.25, 0.3) is 0 Å². The highest BCUT2D eigenvalue weighted by Crippen LogP contribution is 2.09. The molecule has 1 rings (SSSR count). The second kappa shape index (κ2) is 7.78. The van der Waals surface area contributed by atoms with Gasteiger partial charge in [0.1, 0.15) is 0 Å². The molecule has 100 valence electrons. The third kappa shape index (κ3) is 5.24. The maximum atomic E-state index is 11.7. The van der Waals surface area contributed by atoms with Gasteiger partial charge in [-0.15, -0.1) is 11.3 Å². The maximum Gasteiger partial charge on any atom is 0.319 e. The Morgan fingerprint density at radius 1 is 1.50 bits per heavy atom. The first-order chi connectivity index (χ1) is 8.65. The lowest BCUT2D eigenvalue weighted by atomic mass is 10.4. The van der Waals surface area contributed by atoms with E-state index >= 15 is 0 Å². The number of hydrogen-bond donors (Lipinski definition) is 1. The number of ether oxygens (including phenoxy) is 1. The summed E-state index contributed by atoms with van der Waals surface area (Å²) >= 11 is 1.36. The Balaban J connectivity index is 2.44. The standard InChI is InChI=1S/C11H17N3O3S/c1-3-5-14(8-10(16)17-2)7-9(15)13-11-12-4-6-18-11/h4,6H,3,5,7-8H2,1-2H3,(H,12,13,15). The van der Waals surface area contributed by atoms with E-state index in [0.717, 1.165) is 6.42 Å². The van der Waals surface area contributed by atoms with Gasteiger partial charge in [-0.05, 0) is 13.0 Å². The number of esters is 1. The second-order valence-electron chi connectivity index (χ2n) is 3.67. The van der Waals surface area contributed by atoms with Crippen molar-refractivity contribution in [1.82, 2.24) is 9.88 Å². The summed E-state index contributed by atoms with van der Waals surface area (Å²) < 4.78 is 4.59. The third-order valence-corrected chi connectivity index (χ3v) is 2.85. The fraction of sp³-hybridized carbons (Fsp3) is 0.545. The van der Waals surface area contributed by atoms with Crippen molar-refractivity contribution in [2.45, 2.75) is 13.3 Å². The van der Waals surface area contributed by atoms with Gasteiger partial charge in [-0.1, -0.05) is 6.92 Å². The fourth-order valence-electron chi connectivity index (χ4n) is 1.42. The van der Waals surface area contributed by atoms with Crippen LogP contribution < -0.4 is 5.32 Å². The molecule has 0 aliphatic rings. The monoisotopic (exact) mass is 271 g/mol. The molecule has 6 nitrogen and oxygen atoms in total. The molecule has 1 aromatic heterocycles. The molecule has 0 saturated heterocycles. The number of hydrogen-bond acceptors (Lipinski definition) is 6. The summed E-state index contributed by atoms with van der Waals surface area (Å²) in [5, 5.41) is 5.03. The first kappa shape index (κ1) is 14.6. The van der Waals surface area contributed by atoms with Crippen molar-refractivity contribution < 1.29 is 14.3 Å². The van der Waals surface area contributed by atoms with E-state index in [1.54, 1.807) is 16.5 Å². The number of rotatable bonds is 7. The van der Waals surface area contributed by atoms with Crippen molar-refractivity contribution in [3.63, 3.8) is 0 Å². The summed E-state index contributed by atoms with van der Waals surface area (Å²) in [7, 11) is 1.34. The molecule has 1 aromatic rings. The van der Waals surface area contributed by atoms with Crippen molar-refractivity contribution in [2.24, 2.45) is 0 Å². The SMILES string of the molecule is CCCN(CC(=O)Nc1nccs1)CC(=O)OC. The van der Waals surface area contributed by atoms with Crippen LogP contribution in [0.15, 0.2) is 11.6 Å². The van der Waals surface area contributed by atoms with Crippen molar-refractivity contribution in [3.05, 3.63) is 11.6 Å². The van der Waals surface area contributed by atoms with Gasteiger partial charge in [0.15, 0.2) is 5.13 Å². The summed E-state index contributed by atoms with van der Waals surface area (Å²) in [5.41, 5.74) is 0. The zero-order valence-corrected chi connectivity index (χ0v) is 11.3. The molecule has 0 saturated carbocycles. The van der Waals surface area contributed by atoms with Crippen LogP contribution in [0, 0.1) is 0 Å². The number of amides is 1. The number of nitrogens with one attached hydrogen (secondary N) is 1. The third-order valence-electron chi connectivity index (χ3n) is 2.17. The lowest BCUT2D eigenvalue weighted by molar-refractivity contribution is -0.142. The van der Waals surface area contributed by atoms with Crippen LogP contribution >= 0.6 is 11.3 Å². The van der Waals surface area contributed by atoms with Crippen LogP contribution in [0.2, 0.25) is 0 Å². The minimum Gasteiger partial charge on any atom is -0.468 e. The number of thiazole rings is 1. The molecule has 0 atom stereocenters. The molecule has 18 heavy (non-hydrogen) atoms. The van der Waals surface area contributed by atoms with E-state index < -0.39 is 0 Å². The molecule has 0 aliphatic carbocycles. The van der Waals surface area contributed by atoms with Crippen LogP contribution in [0.4, 0.5) is 5.13 Å². The van der Waals surface area contributed by atoms with Gasteiger partial charge in [-0.3, -0.25) is 14.5 Å². The molecule has 7 heteroatoms. The quantitative estimate of drug-likeness (QED) is 0.748. The highest BCUT2D eigenvalue weighted by molar-refractivity contribution is 7.13. The second-order valence-corrected chi connectivity index (χ2v) is 4.57. The summed E-state index contributed by atoms with van der Waals surface area (Å²) in [6.45, 7) is 2.93. The Hall–Kier alpha value is -1.47. The van der Waals surface area contributed by atoms with Gasteiger partial charge in [0, 0.05) is 11.6 Å². The minimum absolute atomic E-state index is 0.121. The van der Waals surface area contributed by atoms with Gasteiger partial charge in [0.2, 0.25) is 5.91 Å². The molecule has 1 N–H and O–H groups in total. The molecule has 0 radical (unpaired) electrons. The molecule has 0 bridgehead atoms. The van der Waals surface area contributed by atoms with Gasteiger partial charge in [0.05, 0.1) is 20.2 Å². The minimum atomic E-state index is -0.342.